The van der Waals surface area contributed by atoms with E-state index in [2.05, 4.69) is 6.07 Å². The Morgan fingerprint density at radius 1 is 1.30 bits per heavy atom. The third kappa shape index (κ3) is 2.96. The number of carbonyl (C=O) groups is 1. The second-order valence-corrected chi connectivity index (χ2v) is 4.42. The summed E-state index contributed by atoms with van der Waals surface area (Å²) in [4.78, 5) is 11.9. The van der Waals surface area contributed by atoms with Gasteiger partial charge in [0.25, 0.3) is 0 Å². The van der Waals surface area contributed by atoms with Crippen LogP contribution < -0.4 is 5.73 Å². The highest BCUT2D eigenvalue weighted by atomic mass is 16.5. The Kier molecular flexibility index (Phi) is 4.02. The van der Waals surface area contributed by atoms with E-state index in [0.717, 1.165) is 5.56 Å². The van der Waals surface area contributed by atoms with Crippen LogP contribution in [0, 0.1) is 18.3 Å². The standard InChI is InChI=1S/C16H14N2O2/c1-11-8-12(6-7-15(11)18)16(19)20-10-14-5-3-2-4-13(14)9-17/h2-8H,10,18H2,1H3. The average molecular weight is 266 g/mol. The van der Waals surface area contributed by atoms with Gasteiger partial charge in [-0.2, -0.15) is 5.26 Å². The van der Waals surface area contributed by atoms with E-state index in [1.807, 2.05) is 6.92 Å². The van der Waals surface area contributed by atoms with Crippen LogP contribution in [0.4, 0.5) is 5.69 Å². The molecule has 100 valence electrons. The van der Waals surface area contributed by atoms with Gasteiger partial charge in [0.1, 0.15) is 6.61 Å². The molecule has 2 N–H and O–H groups in total. The van der Waals surface area contributed by atoms with Gasteiger partial charge in [0.05, 0.1) is 17.2 Å². The minimum Gasteiger partial charge on any atom is -0.457 e. The van der Waals surface area contributed by atoms with Crippen LogP contribution in [0.3, 0.4) is 0 Å². The molecule has 0 aromatic heterocycles. The molecular weight excluding hydrogens is 252 g/mol. The van der Waals surface area contributed by atoms with Crippen molar-refractivity contribution in [1.82, 2.24) is 0 Å². The summed E-state index contributed by atoms with van der Waals surface area (Å²) in [5.74, 6) is -0.430. The van der Waals surface area contributed by atoms with Crippen LogP contribution in [-0.2, 0) is 11.3 Å². The molecule has 0 radical (unpaired) electrons. The number of aryl methyl sites for hydroxylation is 1. The van der Waals surface area contributed by atoms with Crippen molar-refractivity contribution in [3.05, 3.63) is 64.7 Å². The Hall–Kier alpha value is -2.80. The topological polar surface area (TPSA) is 76.1 Å². The van der Waals surface area contributed by atoms with Gasteiger partial charge in [-0.25, -0.2) is 4.79 Å². The first kappa shape index (κ1) is 13.6. The van der Waals surface area contributed by atoms with Crippen molar-refractivity contribution in [2.24, 2.45) is 0 Å². The Labute approximate surface area is 117 Å². The van der Waals surface area contributed by atoms with Gasteiger partial charge < -0.3 is 10.5 Å². The number of nitrogens with two attached hydrogens (primary N) is 1. The Morgan fingerprint density at radius 2 is 2.05 bits per heavy atom. The maximum Gasteiger partial charge on any atom is 0.338 e. The first-order chi connectivity index (χ1) is 9.61. The van der Waals surface area contributed by atoms with E-state index in [9.17, 15) is 4.79 Å². The second kappa shape index (κ2) is 5.89. The highest BCUT2D eigenvalue weighted by Gasteiger charge is 2.10. The van der Waals surface area contributed by atoms with Gasteiger partial charge >= 0.3 is 5.97 Å². The Morgan fingerprint density at radius 3 is 2.75 bits per heavy atom. The van der Waals surface area contributed by atoms with Crippen molar-refractivity contribution < 1.29 is 9.53 Å². The molecule has 2 rings (SSSR count). The SMILES string of the molecule is Cc1cc(C(=O)OCc2ccccc2C#N)ccc1N. The van der Waals surface area contributed by atoms with Gasteiger partial charge in [0.15, 0.2) is 0 Å². The zero-order valence-corrected chi connectivity index (χ0v) is 11.1. The number of hydrogen-bond donors (Lipinski definition) is 1. The Balaban J connectivity index is 2.09. The largest absolute Gasteiger partial charge is 0.457 e. The summed E-state index contributed by atoms with van der Waals surface area (Å²) >= 11 is 0. The molecular formula is C16H14N2O2. The summed E-state index contributed by atoms with van der Waals surface area (Å²) in [5, 5.41) is 8.96. The fraction of sp³-hybridized carbons (Fsp3) is 0.125. The van der Waals surface area contributed by atoms with Crippen LogP contribution in [0.2, 0.25) is 0 Å². The maximum absolute atomic E-state index is 11.9. The van der Waals surface area contributed by atoms with Gasteiger partial charge in [0.2, 0.25) is 0 Å². The molecule has 4 heteroatoms. The van der Waals surface area contributed by atoms with Crippen LogP contribution in [0.25, 0.3) is 0 Å². The molecule has 0 aliphatic carbocycles. The van der Waals surface area contributed by atoms with Crippen molar-refractivity contribution in [3.8, 4) is 6.07 Å². The number of benzene rings is 2. The van der Waals surface area contributed by atoms with Crippen LogP contribution in [-0.4, -0.2) is 5.97 Å². The lowest BCUT2D eigenvalue weighted by atomic mass is 10.1. The predicted molar refractivity (Wildman–Crippen MR) is 75.9 cm³/mol. The fourth-order valence-electron chi connectivity index (χ4n) is 1.78. The molecule has 0 unspecified atom stereocenters. The summed E-state index contributed by atoms with van der Waals surface area (Å²) in [5.41, 5.74) is 8.82. The predicted octanol–water partition coefficient (Wildman–Crippen LogP) is 2.81. The molecule has 0 aliphatic heterocycles. The van der Waals surface area contributed by atoms with Crippen LogP contribution >= 0.6 is 0 Å². The minimum absolute atomic E-state index is 0.0754. The smallest absolute Gasteiger partial charge is 0.338 e. The molecule has 2 aromatic carbocycles. The molecule has 0 saturated carbocycles. The van der Waals surface area contributed by atoms with E-state index in [0.29, 0.717) is 22.4 Å². The summed E-state index contributed by atoms with van der Waals surface area (Å²) < 4.78 is 5.22. The summed E-state index contributed by atoms with van der Waals surface area (Å²) in [6, 6.07) is 14.1. The van der Waals surface area contributed by atoms with E-state index in [1.165, 1.54) is 0 Å². The number of hydrogen-bond acceptors (Lipinski definition) is 4. The van der Waals surface area contributed by atoms with Crippen molar-refractivity contribution in [1.29, 1.82) is 5.26 Å². The van der Waals surface area contributed by atoms with E-state index < -0.39 is 5.97 Å². The van der Waals surface area contributed by atoms with Crippen molar-refractivity contribution in [2.75, 3.05) is 5.73 Å². The highest BCUT2D eigenvalue weighted by molar-refractivity contribution is 5.90. The van der Waals surface area contributed by atoms with Crippen LogP contribution in [0.1, 0.15) is 27.0 Å². The quantitative estimate of drug-likeness (QED) is 0.684. The third-order valence-electron chi connectivity index (χ3n) is 3.00. The molecule has 0 atom stereocenters. The van der Waals surface area contributed by atoms with Gasteiger partial charge in [-0.05, 0) is 36.8 Å². The number of carbonyl (C=O) groups excluding carboxylic acids is 1. The van der Waals surface area contributed by atoms with Crippen LogP contribution in [0.5, 0.6) is 0 Å². The minimum atomic E-state index is -0.430. The molecule has 0 heterocycles. The molecule has 0 spiro atoms. The molecule has 0 aliphatic rings. The zero-order chi connectivity index (χ0) is 14.5. The van der Waals surface area contributed by atoms with E-state index in [1.54, 1.807) is 42.5 Å². The number of rotatable bonds is 3. The fourth-order valence-corrected chi connectivity index (χ4v) is 1.78. The number of esters is 1. The summed E-state index contributed by atoms with van der Waals surface area (Å²) in [7, 11) is 0. The lowest BCUT2D eigenvalue weighted by Gasteiger charge is -2.07. The van der Waals surface area contributed by atoms with Gasteiger partial charge in [-0.1, -0.05) is 18.2 Å². The zero-order valence-electron chi connectivity index (χ0n) is 11.1. The average Bonchev–Trinajstić information content (AvgIpc) is 2.47. The van der Waals surface area contributed by atoms with E-state index in [-0.39, 0.29) is 6.61 Å². The number of nitriles is 1. The highest BCUT2D eigenvalue weighted by Crippen LogP contribution is 2.15. The monoisotopic (exact) mass is 266 g/mol. The first-order valence-corrected chi connectivity index (χ1v) is 6.13. The lowest BCUT2D eigenvalue weighted by molar-refractivity contribution is 0.0472. The van der Waals surface area contributed by atoms with Crippen molar-refractivity contribution >= 4 is 11.7 Å². The Bertz CT molecular complexity index is 687. The lowest BCUT2D eigenvalue weighted by Crippen LogP contribution is -2.07. The number of nitrogens with zero attached hydrogens (tertiary/aromatic N) is 1. The molecule has 0 saturated heterocycles. The van der Waals surface area contributed by atoms with E-state index >= 15 is 0 Å². The van der Waals surface area contributed by atoms with Gasteiger partial charge in [0, 0.05) is 11.3 Å². The number of nitrogen functional groups attached to an aromatic ring is 1. The van der Waals surface area contributed by atoms with E-state index in [4.69, 9.17) is 15.7 Å². The van der Waals surface area contributed by atoms with Crippen LogP contribution in [0.15, 0.2) is 42.5 Å². The first-order valence-electron chi connectivity index (χ1n) is 6.13. The maximum atomic E-state index is 11.9. The molecule has 4 nitrogen and oxygen atoms in total. The third-order valence-corrected chi connectivity index (χ3v) is 3.00. The van der Waals surface area contributed by atoms with Gasteiger partial charge in [-0.3, -0.25) is 0 Å². The summed E-state index contributed by atoms with van der Waals surface area (Å²) in [6.07, 6.45) is 0. The molecule has 0 fully saturated rings. The number of ether oxygens (including phenoxy) is 1. The van der Waals surface area contributed by atoms with Gasteiger partial charge in [-0.15, -0.1) is 0 Å². The number of anilines is 1. The molecule has 0 bridgehead atoms. The molecule has 2 aromatic rings. The molecule has 20 heavy (non-hydrogen) atoms. The van der Waals surface area contributed by atoms with Crippen molar-refractivity contribution in [3.63, 3.8) is 0 Å². The normalized spacial score (nSPS) is 9.80. The van der Waals surface area contributed by atoms with Crippen molar-refractivity contribution in [2.45, 2.75) is 13.5 Å². The summed E-state index contributed by atoms with van der Waals surface area (Å²) in [6.45, 7) is 1.91. The second-order valence-electron chi connectivity index (χ2n) is 4.42. The molecule has 0 amide bonds.